The molecule has 1 rings (SSSR count). The Balaban J connectivity index is 3.04. The molecule has 0 amide bonds. The van der Waals surface area contributed by atoms with Gasteiger partial charge in [0.15, 0.2) is 0 Å². The predicted octanol–water partition coefficient (Wildman–Crippen LogP) is 1.40. The number of nitro groups is 1. The van der Waals surface area contributed by atoms with E-state index in [1.54, 1.807) is 6.92 Å². The van der Waals surface area contributed by atoms with Gasteiger partial charge in [0, 0.05) is 6.07 Å². The zero-order valence-electron chi connectivity index (χ0n) is 9.58. The van der Waals surface area contributed by atoms with Crippen LogP contribution < -0.4 is 0 Å². The molecule has 0 heterocycles. The van der Waals surface area contributed by atoms with Crippen LogP contribution in [0.1, 0.15) is 22.8 Å². The third-order valence-corrected chi connectivity index (χ3v) is 2.14. The average Bonchev–Trinajstić information content (AvgIpc) is 2.28. The highest BCUT2D eigenvalue weighted by Gasteiger charge is 2.20. The molecular formula is C11H11NO6. The maximum absolute atomic E-state index is 11.2. The van der Waals surface area contributed by atoms with Crippen molar-refractivity contribution in [2.45, 2.75) is 13.3 Å². The van der Waals surface area contributed by atoms with Crippen LogP contribution in [0.4, 0.5) is 5.69 Å². The Kier molecular flexibility index (Phi) is 4.36. The first kappa shape index (κ1) is 13.6. The number of rotatable bonds is 5. The minimum atomic E-state index is -1.38. The Morgan fingerprint density at radius 3 is 2.61 bits per heavy atom. The number of carboxylic acids is 1. The fourth-order valence-electron chi connectivity index (χ4n) is 1.40. The van der Waals surface area contributed by atoms with E-state index < -0.39 is 28.1 Å². The molecule has 18 heavy (non-hydrogen) atoms. The molecule has 0 fully saturated rings. The highest BCUT2D eigenvalue weighted by Crippen LogP contribution is 2.20. The molecule has 0 saturated heterocycles. The van der Waals surface area contributed by atoms with Gasteiger partial charge in [-0.05, 0) is 18.6 Å². The largest absolute Gasteiger partial charge is 0.477 e. The Hall–Kier alpha value is -2.44. The number of aromatic carboxylic acids is 1. The molecule has 7 heteroatoms. The fourth-order valence-corrected chi connectivity index (χ4v) is 1.40. The van der Waals surface area contributed by atoms with E-state index in [1.165, 1.54) is 6.07 Å². The van der Waals surface area contributed by atoms with Crippen molar-refractivity contribution < 1.29 is 24.4 Å². The Morgan fingerprint density at radius 1 is 1.44 bits per heavy atom. The SMILES string of the molecule is CCOC(=O)Cc1ccc(C(=O)O)c([N+](=O)[O-])c1. The summed E-state index contributed by atoms with van der Waals surface area (Å²) in [5, 5.41) is 19.5. The second-order valence-electron chi connectivity index (χ2n) is 3.40. The van der Waals surface area contributed by atoms with Crippen molar-refractivity contribution in [3.63, 3.8) is 0 Å². The summed E-state index contributed by atoms with van der Waals surface area (Å²) in [5.74, 6) is -1.90. The van der Waals surface area contributed by atoms with Gasteiger partial charge in [-0.25, -0.2) is 4.79 Å². The molecular weight excluding hydrogens is 242 g/mol. The van der Waals surface area contributed by atoms with Crippen LogP contribution in [0.3, 0.4) is 0 Å². The molecule has 0 aliphatic carbocycles. The number of benzene rings is 1. The third-order valence-electron chi connectivity index (χ3n) is 2.14. The van der Waals surface area contributed by atoms with Gasteiger partial charge in [-0.1, -0.05) is 6.07 Å². The van der Waals surface area contributed by atoms with Gasteiger partial charge in [-0.3, -0.25) is 14.9 Å². The fraction of sp³-hybridized carbons (Fsp3) is 0.273. The van der Waals surface area contributed by atoms with Crippen molar-refractivity contribution in [1.82, 2.24) is 0 Å². The van der Waals surface area contributed by atoms with Crippen LogP contribution in [-0.2, 0) is 16.0 Å². The molecule has 1 aromatic rings. The topological polar surface area (TPSA) is 107 Å². The van der Waals surface area contributed by atoms with Crippen LogP contribution in [0.5, 0.6) is 0 Å². The summed E-state index contributed by atoms with van der Waals surface area (Å²) in [6, 6.07) is 3.53. The number of nitro benzene ring substituents is 1. The number of hydrogen-bond acceptors (Lipinski definition) is 5. The summed E-state index contributed by atoms with van der Waals surface area (Å²) in [5.41, 5.74) is -0.609. The second kappa shape index (κ2) is 5.76. The maximum atomic E-state index is 11.2. The van der Waals surface area contributed by atoms with Crippen LogP contribution in [-0.4, -0.2) is 28.6 Å². The standard InChI is InChI=1S/C11H11NO6/c1-2-18-10(13)6-7-3-4-8(11(14)15)9(5-7)12(16)17/h3-5H,2,6H2,1H3,(H,14,15). The van der Waals surface area contributed by atoms with Crippen LogP contribution in [0.15, 0.2) is 18.2 Å². The van der Waals surface area contributed by atoms with Gasteiger partial charge < -0.3 is 9.84 Å². The summed E-state index contributed by atoms with van der Waals surface area (Å²) < 4.78 is 4.70. The van der Waals surface area contributed by atoms with Crippen LogP contribution in [0.25, 0.3) is 0 Å². The summed E-state index contributed by atoms with van der Waals surface area (Å²) in [6.07, 6.45) is -0.130. The molecule has 0 aliphatic rings. The van der Waals surface area contributed by atoms with E-state index in [0.29, 0.717) is 5.56 Å². The van der Waals surface area contributed by atoms with E-state index >= 15 is 0 Å². The molecule has 1 aromatic carbocycles. The monoisotopic (exact) mass is 253 g/mol. The normalized spacial score (nSPS) is 9.83. The van der Waals surface area contributed by atoms with Crippen LogP contribution in [0.2, 0.25) is 0 Å². The van der Waals surface area contributed by atoms with Crippen molar-refractivity contribution in [3.05, 3.63) is 39.4 Å². The lowest BCUT2D eigenvalue weighted by Crippen LogP contribution is -2.09. The molecule has 0 aromatic heterocycles. The molecule has 0 bridgehead atoms. The summed E-state index contributed by atoms with van der Waals surface area (Å²) >= 11 is 0. The molecule has 0 atom stereocenters. The lowest BCUT2D eigenvalue weighted by Gasteiger charge is -2.03. The Morgan fingerprint density at radius 2 is 2.11 bits per heavy atom. The molecule has 1 N–H and O–H groups in total. The number of esters is 1. The van der Waals surface area contributed by atoms with E-state index in [0.717, 1.165) is 12.1 Å². The lowest BCUT2D eigenvalue weighted by atomic mass is 10.1. The van der Waals surface area contributed by atoms with Gasteiger partial charge in [-0.15, -0.1) is 0 Å². The zero-order valence-corrected chi connectivity index (χ0v) is 9.58. The summed E-state index contributed by atoms with van der Waals surface area (Å²) in [7, 11) is 0. The van der Waals surface area contributed by atoms with Gasteiger partial charge in [-0.2, -0.15) is 0 Å². The highest BCUT2D eigenvalue weighted by molar-refractivity contribution is 5.92. The van der Waals surface area contributed by atoms with Gasteiger partial charge in [0.25, 0.3) is 5.69 Å². The van der Waals surface area contributed by atoms with E-state index in [1.807, 2.05) is 0 Å². The Bertz CT molecular complexity index is 496. The number of ether oxygens (including phenoxy) is 1. The van der Waals surface area contributed by atoms with Gasteiger partial charge in [0.2, 0.25) is 0 Å². The first-order valence-corrected chi connectivity index (χ1v) is 5.12. The van der Waals surface area contributed by atoms with Crippen molar-refractivity contribution >= 4 is 17.6 Å². The van der Waals surface area contributed by atoms with E-state index in [2.05, 4.69) is 0 Å². The van der Waals surface area contributed by atoms with Crippen LogP contribution in [0, 0.1) is 10.1 Å². The number of hydrogen-bond donors (Lipinski definition) is 1. The first-order valence-electron chi connectivity index (χ1n) is 5.12. The van der Waals surface area contributed by atoms with Crippen molar-refractivity contribution in [2.75, 3.05) is 6.61 Å². The Labute approximate surface area is 102 Å². The van der Waals surface area contributed by atoms with Crippen molar-refractivity contribution in [2.24, 2.45) is 0 Å². The highest BCUT2D eigenvalue weighted by atomic mass is 16.6. The van der Waals surface area contributed by atoms with E-state index in [-0.39, 0.29) is 13.0 Å². The first-order chi connectivity index (χ1) is 8.45. The number of carbonyl (C=O) groups excluding carboxylic acids is 1. The molecule has 7 nitrogen and oxygen atoms in total. The molecule has 0 unspecified atom stereocenters. The molecule has 0 aliphatic heterocycles. The second-order valence-corrected chi connectivity index (χ2v) is 3.40. The summed E-state index contributed by atoms with van der Waals surface area (Å²) in [6.45, 7) is 1.86. The zero-order chi connectivity index (χ0) is 13.7. The number of nitrogens with zero attached hydrogens (tertiary/aromatic N) is 1. The van der Waals surface area contributed by atoms with Gasteiger partial charge in [0.1, 0.15) is 5.56 Å². The quantitative estimate of drug-likeness (QED) is 0.482. The van der Waals surface area contributed by atoms with Gasteiger partial charge in [0.05, 0.1) is 18.0 Å². The number of carboxylic acid groups (broad SMARTS) is 1. The lowest BCUT2D eigenvalue weighted by molar-refractivity contribution is -0.385. The molecule has 96 valence electrons. The molecule has 0 radical (unpaired) electrons. The smallest absolute Gasteiger partial charge is 0.342 e. The minimum absolute atomic E-state index is 0.130. The average molecular weight is 253 g/mol. The molecule has 0 saturated carbocycles. The predicted molar refractivity (Wildman–Crippen MR) is 60.4 cm³/mol. The van der Waals surface area contributed by atoms with E-state index in [4.69, 9.17) is 9.84 Å². The minimum Gasteiger partial charge on any atom is -0.477 e. The van der Waals surface area contributed by atoms with Crippen molar-refractivity contribution in [1.29, 1.82) is 0 Å². The summed E-state index contributed by atoms with van der Waals surface area (Å²) in [4.78, 5) is 31.9. The van der Waals surface area contributed by atoms with Gasteiger partial charge >= 0.3 is 11.9 Å². The molecule has 0 spiro atoms. The maximum Gasteiger partial charge on any atom is 0.342 e. The van der Waals surface area contributed by atoms with E-state index in [9.17, 15) is 19.7 Å². The van der Waals surface area contributed by atoms with Crippen LogP contribution >= 0.6 is 0 Å². The number of carbonyl (C=O) groups is 2. The third kappa shape index (κ3) is 3.27. The van der Waals surface area contributed by atoms with Crippen molar-refractivity contribution in [3.8, 4) is 0 Å².